The smallest absolute Gasteiger partial charge is 0.269 e. The summed E-state index contributed by atoms with van der Waals surface area (Å²) < 4.78 is 31.2. The van der Waals surface area contributed by atoms with E-state index in [9.17, 15) is 13.6 Å². The summed E-state index contributed by atoms with van der Waals surface area (Å²) >= 11 is 0. The van der Waals surface area contributed by atoms with Crippen molar-refractivity contribution in [3.63, 3.8) is 0 Å². The molecule has 0 aliphatic heterocycles. The summed E-state index contributed by atoms with van der Waals surface area (Å²) in [5.74, 6) is -1.43. The van der Waals surface area contributed by atoms with E-state index >= 15 is 0 Å². The van der Waals surface area contributed by atoms with E-state index in [0.29, 0.717) is 22.2 Å². The molecule has 7 heteroatoms. The third-order valence-corrected chi connectivity index (χ3v) is 5.01. The normalized spacial score (nSPS) is 11.4. The first-order chi connectivity index (χ1) is 14.1. The van der Waals surface area contributed by atoms with Crippen LogP contribution < -0.4 is 5.56 Å². The Labute approximate surface area is 163 Å². The fourth-order valence-electron chi connectivity index (χ4n) is 3.57. The largest absolute Gasteiger partial charge is 0.301 e. The van der Waals surface area contributed by atoms with Gasteiger partial charge in [0.15, 0.2) is 0 Å². The zero-order valence-corrected chi connectivity index (χ0v) is 15.1. The molecule has 0 saturated heterocycles. The summed E-state index contributed by atoms with van der Waals surface area (Å²) in [6, 6.07) is 15.0. The van der Waals surface area contributed by atoms with Gasteiger partial charge in [0, 0.05) is 10.9 Å². The first-order valence-corrected chi connectivity index (χ1v) is 8.97. The van der Waals surface area contributed by atoms with Gasteiger partial charge < -0.3 is 4.57 Å². The topological polar surface area (TPSA) is 63.6 Å². The van der Waals surface area contributed by atoms with Crippen molar-refractivity contribution in [2.24, 2.45) is 0 Å². The number of aromatic amines is 1. The number of nitrogens with one attached hydrogen (secondary N) is 1. The second-order valence-electron chi connectivity index (χ2n) is 6.73. The molecule has 1 N–H and O–H groups in total. The minimum Gasteiger partial charge on any atom is -0.301 e. The number of halogens is 2. The number of fused-ring (bicyclic) bond motifs is 2. The molecule has 0 radical (unpaired) electrons. The van der Waals surface area contributed by atoms with E-state index in [-0.39, 0.29) is 12.1 Å². The van der Waals surface area contributed by atoms with E-state index in [1.54, 1.807) is 42.6 Å². The molecule has 142 valence electrons. The number of para-hydroxylation sites is 2. The lowest BCUT2D eigenvalue weighted by Gasteiger charge is -2.13. The summed E-state index contributed by atoms with van der Waals surface area (Å²) in [4.78, 5) is 16.4. The van der Waals surface area contributed by atoms with Gasteiger partial charge in [0.1, 0.15) is 11.6 Å². The maximum atomic E-state index is 14.9. The van der Waals surface area contributed by atoms with Gasteiger partial charge in [0.05, 0.1) is 35.5 Å². The van der Waals surface area contributed by atoms with Gasteiger partial charge in [-0.2, -0.15) is 5.10 Å². The predicted octanol–water partition coefficient (Wildman–Crippen LogP) is 4.27. The third kappa shape index (κ3) is 2.87. The van der Waals surface area contributed by atoms with Crippen molar-refractivity contribution in [2.45, 2.75) is 6.54 Å². The van der Waals surface area contributed by atoms with Gasteiger partial charge in [-0.15, -0.1) is 0 Å². The lowest BCUT2D eigenvalue weighted by atomic mass is 10.00. The maximum absolute atomic E-state index is 14.9. The fraction of sp³-hybridized carbons (Fsp3) is 0.0455. The number of nitrogens with zero attached hydrogens (tertiary/aromatic N) is 3. The second-order valence-corrected chi connectivity index (χ2v) is 6.73. The molecule has 5 nitrogen and oxygen atoms in total. The van der Waals surface area contributed by atoms with Crippen LogP contribution >= 0.6 is 0 Å². The number of hydrogen-bond acceptors (Lipinski definition) is 3. The lowest BCUT2D eigenvalue weighted by molar-refractivity contribution is 0.545. The van der Waals surface area contributed by atoms with E-state index in [0.717, 1.165) is 17.1 Å². The molecule has 3 aromatic carbocycles. The van der Waals surface area contributed by atoms with Gasteiger partial charge in [-0.25, -0.2) is 13.8 Å². The van der Waals surface area contributed by atoms with Crippen molar-refractivity contribution in [3.8, 4) is 11.1 Å². The Hall–Kier alpha value is -3.87. The molecule has 2 heterocycles. The number of aromatic nitrogens is 4. The Kier molecular flexibility index (Phi) is 3.94. The second kappa shape index (κ2) is 6.63. The molecule has 5 rings (SSSR count). The van der Waals surface area contributed by atoms with Crippen LogP contribution in [0.25, 0.3) is 33.1 Å². The SMILES string of the molecule is O=c1cnc2ccccc2n1Cc1c(F)cc(-c2cccc3[nH]ncc23)cc1F. The highest BCUT2D eigenvalue weighted by Gasteiger charge is 2.16. The minimum atomic E-state index is -0.715. The molecular formula is C22H14F2N4O. The van der Waals surface area contributed by atoms with E-state index < -0.39 is 17.2 Å². The zero-order chi connectivity index (χ0) is 20.0. The third-order valence-electron chi connectivity index (χ3n) is 5.01. The van der Waals surface area contributed by atoms with Gasteiger partial charge in [0.25, 0.3) is 5.56 Å². The Morgan fingerprint density at radius 1 is 0.966 bits per heavy atom. The van der Waals surface area contributed by atoms with E-state index in [4.69, 9.17) is 0 Å². The van der Waals surface area contributed by atoms with Crippen LogP contribution in [-0.2, 0) is 6.54 Å². The summed E-state index contributed by atoms with van der Waals surface area (Å²) in [5.41, 5.74) is 2.36. The molecule has 0 spiro atoms. The van der Waals surface area contributed by atoms with Gasteiger partial charge in [0.2, 0.25) is 0 Å². The van der Waals surface area contributed by atoms with Crippen molar-refractivity contribution in [2.75, 3.05) is 0 Å². The first kappa shape index (κ1) is 17.2. The van der Waals surface area contributed by atoms with Crippen LogP contribution in [0.2, 0.25) is 0 Å². The molecule has 5 aromatic rings. The Bertz CT molecular complexity index is 1420. The van der Waals surface area contributed by atoms with E-state index in [2.05, 4.69) is 15.2 Å². The quantitative estimate of drug-likeness (QED) is 0.502. The van der Waals surface area contributed by atoms with Gasteiger partial charge >= 0.3 is 0 Å². The number of benzene rings is 3. The van der Waals surface area contributed by atoms with Crippen molar-refractivity contribution in [1.29, 1.82) is 0 Å². The minimum absolute atomic E-state index is 0.174. The van der Waals surface area contributed by atoms with Gasteiger partial charge in [-0.3, -0.25) is 9.89 Å². The molecule has 0 aliphatic carbocycles. The van der Waals surface area contributed by atoms with Crippen LogP contribution in [0.5, 0.6) is 0 Å². The number of hydrogen-bond donors (Lipinski definition) is 1. The van der Waals surface area contributed by atoms with E-state index in [1.807, 2.05) is 6.07 Å². The molecule has 29 heavy (non-hydrogen) atoms. The highest BCUT2D eigenvalue weighted by Crippen LogP contribution is 2.30. The number of rotatable bonds is 3. The Morgan fingerprint density at radius 2 is 1.76 bits per heavy atom. The molecular weight excluding hydrogens is 374 g/mol. The Balaban J connectivity index is 1.63. The van der Waals surface area contributed by atoms with Crippen molar-refractivity contribution in [3.05, 3.63) is 94.5 Å². The molecule has 0 unspecified atom stereocenters. The summed E-state index contributed by atoms with van der Waals surface area (Å²) in [7, 11) is 0. The van der Waals surface area contributed by atoms with Crippen molar-refractivity contribution < 1.29 is 8.78 Å². The molecule has 0 aliphatic rings. The van der Waals surface area contributed by atoms with Crippen molar-refractivity contribution >= 4 is 21.9 Å². The zero-order valence-electron chi connectivity index (χ0n) is 15.1. The average molecular weight is 388 g/mol. The van der Waals surface area contributed by atoms with Crippen molar-refractivity contribution in [1.82, 2.24) is 19.7 Å². The molecule has 0 amide bonds. The van der Waals surface area contributed by atoms with Crippen LogP contribution in [0.15, 0.2) is 71.8 Å². The molecule has 0 saturated carbocycles. The highest BCUT2D eigenvalue weighted by atomic mass is 19.1. The standard InChI is InChI=1S/C22H14F2N4O/c23-17-8-13(14-4-3-6-19-15(14)10-26-27-19)9-18(24)16(17)12-28-21-7-2-1-5-20(21)25-11-22(28)29/h1-11H,12H2,(H,26,27). The predicted molar refractivity (Wildman–Crippen MR) is 107 cm³/mol. The van der Waals surface area contributed by atoms with Crippen LogP contribution in [0.1, 0.15) is 5.56 Å². The highest BCUT2D eigenvalue weighted by molar-refractivity contribution is 5.94. The lowest BCUT2D eigenvalue weighted by Crippen LogP contribution is -2.22. The average Bonchev–Trinajstić information content (AvgIpc) is 3.21. The molecule has 0 fully saturated rings. The van der Waals surface area contributed by atoms with Gasteiger partial charge in [-0.1, -0.05) is 24.3 Å². The molecule has 0 atom stereocenters. The van der Waals surface area contributed by atoms with Crippen LogP contribution in [0.3, 0.4) is 0 Å². The fourth-order valence-corrected chi connectivity index (χ4v) is 3.57. The van der Waals surface area contributed by atoms with Crippen LogP contribution in [0.4, 0.5) is 8.78 Å². The molecule has 2 aromatic heterocycles. The van der Waals surface area contributed by atoms with Crippen LogP contribution in [0, 0.1) is 11.6 Å². The number of H-pyrrole nitrogens is 1. The van der Waals surface area contributed by atoms with E-state index in [1.165, 1.54) is 16.7 Å². The van der Waals surface area contributed by atoms with Gasteiger partial charge in [-0.05, 0) is 41.5 Å². The van der Waals surface area contributed by atoms with Crippen LogP contribution in [-0.4, -0.2) is 19.7 Å². The first-order valence-electron chi connectivity index (χ1n) is 8.97. The summed E-state index contributed by atoms with van der Waals surface area (Å²) in [5, 5.41) is 7.61. The monoisotopic (exact) mass is 388 g/mol. The Morgan fingerprint density at radius 3 is 2.59 bits per heavy atom. The molecule has 0 bridgehead atoms. The summed E-state index contributed by atoms with van der Waals surface area (Å²) in [6.45, 7) is -0.226. The maximum Gasteiger partial charge on any atom is 0.269 e. The summed E-state index contributed by atoms with van der Waals surface area (Å²) in [6.07, 6.45) is 2.78.